The Bertz CT molecular complexity index is 250. The zero-order valence-electron chi connectivity index (χ0n) is 10.0. The minimum Gasteiger partial charge on any atom is -0.334 e. The van der Waals surface area contributed by atoms with Gasteiger partial charge in [0.1, 0.15) is 6.54 Å². The lowest BCUT2D eigenvalue weighted by molar-refractivity contribution is -0.161. The number of rotatable bonds is 4. The predicted octanol–water partition coefficient (Wildman–Crippen LogP) is 1.79. The molecule has 1 aliphatic heterocycles. The number of alkyl halides is 3. The van der Waals surface area contributed by atoms with Crippen LogP contribution in [0.1, 0.15) is 26.2 Å². The van der Waals surface area contributed by atoms with Gasteiger partial charge in [0.25, 0.3) is 0 Å². The molecular formula is C11H19F3N2O. The van der Waals surface area contributed by atoms with E-state index in [9.17, 15) is 18.0 Å². The molecule has 17 heavy (non-hydrogen) atoms. The van der Waals surface area contributed by atoms with E-state index in [4.69, 9.17) is 0 Å². The van der Waals surface area contributed by atoms with Gasteiger partial charge in [-0.3, -0.25) is 4.79 Å². The standard InChI is InChI=1S/C11H19F3N2O/c1-2-16(8-11(12,13)14)10(17)6-9-4-3-5-15-7-9/h9,15H,2-8H2,1H3. The van der Waals surface area contributed by atoms with Crippen molar-refractivity contribution in [2.75, 3.05) is 26.2 Å². The fourth-order valence-corrected chi connectivity index (χ4v) is 2.07. The fourth-order valence-electron chi connectivity index (χ4n) is 2.07. The molecule has 1 rings (SSSR count). The maximum absolute atomic E-state index is 12.2. The van der Waals surface area contributed by atoms with Gasteiger partial charge in [-0.25, -0.2) is 0 Å². The first-order chi connectivity index (χ1) is 7.92. The van der Waals surface area contributed by atoms with Crippen LogP contribution in [-0.4, -0.2) is 43.2 Å². The number of nitrogens with zero attached hydrogens (tertiary/aromatic N) is 1. The van der Waals surface area contributed by atoms with E-state index < -0.39 is 18.6 Å². The van der Waals surface area contributed by atoms with Crippen molar-refractivity contribution in [1.82, 2.24) is 10.2 Å². The Morgan fingerprint density at radius 1 is 1.47 bits per heavy atom. The highest BCUT2D eigenvalue weighted by Crippen LogP contribution is 2.19. The van der Waals surface area contributed by atoms with Gasteiger partial charge < -0.3 is 10.2 Å². The minimum atomic E-state index is -4.31. The maximum Gasteiger partial charge on any atom is 0.406 e. The molecule has 1 heterocycles. The quantitative estimate of drug-likeness (QED) is 0.827. The first kappa shape index (κ1) is 14.3. The Hall–Kier alpha value is -0.780. The van der Waals surface area contributed by atoms with Gasteiger partial charge in [0, 0.05) is 13.0 Å². The summed E-state index contributed by atoms with van der Waals surface area (Å²) in [6.45, 7) is 2.21. The Balaban J connectivity index is 2.42. The zero-order chi connectivity index (χ0) is 12.9. The molecule has 0 aliphatic carbocycles. The number of amides is 1. The zero-order valence-corrected chi connectivity index (χ0v) is 10.0. The number of piperidine rings is 1. The highest BCUT2D eigenvalue weighted by atomic mass is 19.4. The van der Waals surface area contributed by atoms with Gasteiger partial charge in [-0.1, -0.05) is 0 Å². The Labute approximate surface area is 99.4 Å². The third-order valence-corrected chi connectivity index (χ3v) is 2.97. The third kappa shape index (κ3) is 5.39. The third-order valence-electron chi connectivity index (χ3n) is 2.97. The van der Waals surface area contributed by atoms with Gasteiger partial charge in [-0.15, -0.1) is 0 Å². The summed E-state index contributed by atoms with van der Waals surface area (Å²) in [6, 6.07) is 0. The second kappa shape index (κ2) is 6.23. The first-order valence-electron chi connectivity index (χ1n) is 5.97. The van der Waals surface area contributed by atoms with Crippen LogP contribution >= 0.6 is 0 Å². The molecule has 1 saturated heterocycles. The molecule has 6 heteroatoms. The molecule has 0 bridgehead atoms. The lowest BCUT2D eigenvalue weighted by Crippen LogP contribution is -2.41. The van der Waals surface area contributed by atoms with Crippen LogP contribution in [0.5, 0.6) is 0 Å². The van der Waals surface area contributed by atoms with Crippen molar-refractivity contribution < 1.29 is 18.0 Å². The van der Waals surface area contributed by atoms with Crippen molar-refractivity contribution in [3.63, 3.8) is 0 Å². The summed E-state index contributed by atoms with van der Waals surface area (Å²) in [6.07, 6.45) is -2.18. The van der Waals surface area contributed by atoms with Gasteiger partial charge in [-0.05, 0) is 38.8 Å². The van der Waals surface area contributed by atoms with Crippen molar-refractivity contribution in [2.45, 2.75) is 32.4 Å². The summed E-state index contributed by atoms with van der Waals surface area (Å²) in [5.41, 5.74) is 0. The van der Waals surface area contributed by atoms with Crippen molar-refractivity contribution in [1.29, 1.82) is 0 Å². The van der Waals surface area contributed by atoms with Crippen molar-refractivity contribution in [3.05, 3.63) is 0 Å². The molecule has 0 radical (unpaired) electrons. The van der Waals surface area contributed by atoms with Crippen molar-refractivity contribution in [3.8, 4) is 0 Å². The van der Waals surface area contributed by atoms with Gasteiger partial charge in [0.05, 0.1) is 0 Å². The van der Waals surface area contributed by atoms with E-state index in [0.717, 1.165) is 30.8 Å². The van der Waals surface area contributed by atoms with Crippen molar-refractivity contribution >= 4 is 5.91 Å². The number of hydrogen-bond acceptors (Lipinski definition) is 2. The second-order valence-corrected chi connectivity index (χ2v) is 4.44. The molecule has 0 spiro atoms. The molecule has 1 amide bonds. The van der Waals surface area contributed by atoms with Gasteiger partial charge in [0.2, 0.25) is 5.91 Å². The normalized spacial score (nSPS) is 21.3. The minimum absolute atomic E-state index is 0.110. The lowest BCUT2D eigenvalue weighted by Gasteiger charge is -2.27. The van der Waals surface area contributed by atoms with Crippen LogP contribution in [0.25, 0.3) is 0 Å². The number of carbonyl (C=O) groups excluding carboxylic acids is 1. The summed E-state index contributed by atoms with van der Waals surface area (Å²) >= 11 is 0. The molecule has 1 fully saturated rings. The summed E-state index contributed by atoms with van der Waals surface area (Å²) in [5.74, 6) is -0.211. The molecular weight excluding hydrogens is 233 g/mol. The maximum atomic E-state index is 12.2. The Kier molecular flexibility index (Phi) is 5.24. The van der Waals surface area contributed by atoms with Gasteiger partial charge >= 0.3 is 6.18 Å². The summed E-state index contributed by atoms with van der Waals surface area (Å²) in [4.78, 5) is 12.6. The molecule has 100 valence electrons. The number of carbonyl (C=O) groups is 1. The molecule has 1 unspecified atom stereocenters. The SMILES string of the molecule is CCN(CC(F)(F)F)C(=O)CC1CCCNC1. The Morgan fingerprint density at radius 2 is 2.18 bits per heavy atom. The molecule has 1 N–H and O–H groups in total. The first-order valence-corrected chi connectivity index (χ1v) is 5.97. The molecule has 0 aromatic rings. The smallest absolute Gasteiger partial charge is 0.334 e. The summed E-state index contributed by atoms with van der Waals surface area (Å²) in [5, 5.41) is 3.15. The van der Waals surface area contributed by atoms with E-state index in [1.54, 1.807) is 6.92 Å². The molecule has 1 aliphatic rings. The van der Waals surface area contributed by atoms with E-state index in [1.807, 2.05) is 0 Å². The number of hydrogen-bond donors (Lipinski definition) is 1. The largest absolute Gasteiger partial charge is 0.406 e. The van der Waals surface area contributed by atoms with Gasteiger partial charge in [0.15, 0.2) is 0 Å². The highest BCUT2D eigenvalue weighted by molar-refractivity contribution is 5.76. The van der Waals surface area contributed by atoms with Gasteiger partial charge in [-0.2, -0.15) is 13.2 Å². The predicted molar refractivity (Wildman–Crippen MR) is 58.5 cm³/mol. The van der Waals surface area contributed by atoms with Crippen LogP contribution in [0.4, 0.5) is 13.2 Å². The van der Waals surface area contributed by atoms with E-state index in [2.05, 4.69) is 5.32 Å². The average Bonchev–Trinajstić information content (AvgIpc) is 2.26. The number of halogens is 3. The summed E-state index contributed by atoms with van der Waals surface area (Å²) < 4.78 is 36.7. The molecule has 0 aromatic carbocycles. The van der Waals surface area contributed by atoms with E-state index in [1.165, 1.54) is 0 Å². The molecule has 1 atom stereocenters. The topological polar surface area (TPSA) is 32.3 Å². The van der Waals surface area contributed by atoms with Crippen LogP contribution < -0.4 is 5.32 Å². The Morgan fingerprint density at radius 3 is 2.65 bits per heavy atom. The van der Waals surface area contributed by atoms with E-state index in [0.29, 0.717) is 0 Å². The molecule has 0 aromatic heterocycles. The highest BCUT2D eigenvalue weighted by Gasteiger charge is 2.32. The van der Waals surface area contributed by atoms with E-state index >= 15 is 0 Å². The lowest BCUT2D eigenvalue weighted by atomic mass is 9.95. The average molecular weight is 252 g/mol. The van der Waals surface area contributed by atoms with Crippen LogP contribution in [0, 0.1) is 5.92 Å². The monoisotopic (exact) mass is 252 g/mol. The summed E-state index contributed by atoms with van der Waals surface area (Å²) in [7, 11) is 0. The molecule has 3 nitrogen and oxygen atoms in total. The van der Waals surface area contributed by atoms with Crippen LogP contribution in [-0.2, 0) is 4.79 Å². The van der Waals surface area contributed by atoms with Crippen molar-refractivity contribution in [2.24, 2.45) is 5.92 Å². The second-order valence-electron chi connectivity index (χ2n) is 4.44. The fraction of sp³-hybridized carbons (Fsp3) is 0.909. The van der Waals surface area contributed by atoms with Crippen LogP contribution in [0.15, 0.2) is 0 Å². The van der Waals surface area contributed by atoms with Crippen LogP contribution in [0.2, 0.25) is 0 Å². The van der Waals surface area contributed by atoms with E-state index in [-0.39, 0.29) is 18.9 Å². The molecule has 0 saturated carbocycles. The number of nitrogens with one attached hydrogen (secondary N) is 1. The van der Waals surface area contributed by atoms with Crippen LogP contribution in [0.3, 0.4) is 0 Å².